The normalized spacial score (nSPS) is 11.0. The quantitative estimate of drug-likeness (QED) is 0.452. The van der Waals surface area contributed by atoms with E-state index < -0.39 is 26.7 Å². The van der Waals surface area contributed by atoms with Crippen LogP contribution in [0.25, 0.3) is 0 Å². The highest BCUT2D eigenvalue weighted by molar-refractivity contribution is 7.92. The zero-order chi connectivity index (χ0) is 21.9. The molecule has 0 saturated heterocycles. The maximum Gasteiger partial charge on any atom is 0.274 e. The van der Waals surface area contributed by atoms with Crippen molar-refractivity contribution in [2.24, 2.45) is 0 Å². The van der Waals surface area contributed by atoms with E-state index in [0.29, 0.717) is 0 Å². The Labute approximate surface area is 171 Å². The van der Waals surface area contributed by atoms with Crippen molar-refractivity contribution in [3.8, 4) is 0 Å². The Kier molecular flexibility index (Phi) is 5.79. The van der Waals surface area contributed by atoms with Crippen LogP contribution in [0.5, 0.6) is 0 Å². The number of anilines is 2. The number of carbonyl (C=O) groups is 1. The number of nitro benzene ring substituents is 1. The number of hydrogen-bond acceptors (Lipinski definition) is 5. The van der Waals surface area contributed by atoms with Crippen molar-refractivity contribution in [3.63, 3.8) is 0 Å². The number of sulfonamides is 1. The molecule has 0 heterocycles. The molecule has 0 aliphatic carbocycles. The number of carbonyl (C=O) groups excluding carboxylic acids is 1. The summed E-state index contributed by atoms with van der Waals surface area (Å²) in [5.74, 6) is -1.39. The van der Waals surface area contributed by atoms with Gasteiger partial charge in [0.2, 0.25) is 0 Å². The van der Waals surface area contributed by atoms with E-state index in [1.807, 2.05) is 0 Å². The van der Waals surface area contributed by atoms with Crippen LogP contribution in [0.1, 0.15) is 15.9 Å². The Morgan fingerprint density at radius 1 is 1.00 bits per heavy atom. The highest BCUT2D eigenvalue weighted by Gasteiger charge is 2.19. The number of amides is 1. The topological polar surface area (TPSA) is 118 Å². The average Bonchev–Trinajstić information content (AvgIpc) is 2.71. The van der Waals surface area contributed by atoms with Gasteiger partial charge in [-0.1, -0.05) is 24.3 Å². The fraction of sp³-hybridized carbons (Fsp3) is 0.0500. The molecule has 0 aliphatic heterocycles. The van der Waals surface area contributed by atoms with Gasteiger partial charge in [0.1, 0.15) is 5.82 Å². The maximum absolute atomic E-state index is 13.8. The Hall–Kier alpha value is -3.79. The van der Waals surface area contributed by atoms with Crippen molar-refractivity contribution in [1.82, 2.24) is 0 Å². The molecule has 30 heavy (non-hydrogen) atoms. The van der Waals surface area contributed by atoms with Crippen LogP contribution in [-0.4, -0.2) is 19.2 Å². The van der Waals surface area contributed by atoms with Crippen LogP contribution in [0, 0.1) is 22.9 Å². The third-order valence-electron chi connectivity index (χ3n) is 4.27. The van der Waals surface area contributed by atoms with Gasteiger partial charge < -0.3 is 5.32 Å². The molecule has 3 aromatic rings. The number of nitrogens with zero attached hydrogens (tertiary/aromatic N) is 1. The molecular formula is C20H16FN3O5S. The van der Waals surface area contributed by atoms with Crippen LogP contribution in [0.3, 0.4) is 0 Å². The molecule has 0 atom stereocenters. The lowest BCUT2D eigenvalue weighted by atomic mass is 10.1. The largest absolute Gasteiger partial charge is 0.321 e. The average molecular weight is 429 g/mol. The molecule has 0 bridgehead atoms. The van der Waals surface area contributed by atoms with Gasteiger partial charge in [-0.2, -0.15) is 0 Å². The van der Waals surface area contributed by atoms with Crippen LogP contribution >= 0.6 is 0 Å². The second kappa shape index (κ2) is 8.29. The van der Waals surface area contributed by atoms with E-state index in [4.69, 9.17) is 0 Å². The smallest absolute Gasteiger partial charge is 0.274 e. The van der Waals surface area contributed by atoms with Gasteiger partial charge in [-0.3, -0.25) is 19.6 Å². The lowest BCUT2D eigenvalue weighted by molar-refractivity contribution is -0.385. The van der Waals surface area contributed by atoms with Crippen molar-refractivity contribution in [1.29, 1.82) is 0 Å². The van der Waals surface area contributed by atoms with Gasteiger partial charge in [-0.25, -0.2) is 12.8 Å². The van der Waals surface area contributed by atoms with Crippen LogP contribution in [0.4, 0.5) is 21.5 Å². The zero-order valence-electron chi connectivity index (χ0n) is 15.6. The van der Waals surface area contributed by atoms with E-state index in [1.165, 1.54) is 61.5 Å². The molecule has 3 aromatic carbocycles. The highest BCUT2D eigenvalue weighted by atomic mass is 32.2. The van der Waals surface area contributed by atoms with E-state index >= 15 is 0 Å². The summed E-state index contributed by atoms with van der Waals surface area (Å²) in [4.78, 5) is 22.8. The number of halogens is 1. The summed E-state index contributed by atoms with van der Waals surface area (Å²) < 4.78 is 41.1. The summed E-state index contributed by atoms with van der Waals surface area (Å²) in [6.07, 6.45) is 0. The molecule has 10 heteroatoms. The molecule has 0 unspecified atom stereocenters. The highest BCUT2D eigenvalue weighted by Crippen LogP contribution is 2.26. The fourth-order valence-electron chi connectivity index (χ4n) is 2.70. The zero-order valence-corrected chi connectivity index (χ0v) is 16.4. The molecule has 0 saturated carbocycles. The van der Waals surface area contributed by atoms with Crippen molar-refractivity contribution < 1.29 is 22.5 Å². The molecule has 1 amide bonds. The fourth-order valence-corrected chi connectivity index (χ4v) is 3.82. The lowest BCUT2D eigenvalue weighted by Crippen LogP contribution is -2.17. The van der Waals surface area contributed by atoms with Gasteiger partial charge in [0.25, 0.3) is 21.6 Å². The number of para-hydroxylation sites is 1. The third-order valence-corrected chi connectivity index (χ3v) is 5.64. The summed E-state index contributed by atoms with van der Waals surface area (Å²) in [6, 6.07) is 14.7. The second-order valence-electron chi connectivity index (χ2n) is 6.27. The van der Waals surface area contributed by atoms with Gasteiger partial charge in [0, 0.05) is 11.6 Å². The molecule has 154 valence electrons. The van der Waals surface area contributed by atoms with Gasteiger partial charge in [-0.05, 0) is 43.3 Å². The van der Waals surface area contributed by atoms with Crippen molar-refractivity contribution in [2.45, 2.75) is 11.8 Å². The van der Waals surface area contributed by atoms with Gasteiger partial charge in [0.05, 0.1) is 26.8 Å². The standard InChI is InChI=1S/C20H16FN3O5S/c1-13-17(10-5-11-19(13)24(26)27)22-20(25)14-6-4-7-15(12-14)30(28,29)23-18-9-3-2-8-16(18)21/h2-12,23H,1H3,(H,22,25). The van der Waals surface area contributed by atoms with Crippen LogP contribution in [-0.2, 0) is 10.0 Å². The maximum atomic E-state index is 13.8. The molecule has 0 fully saturated rings. The van der Waals surface area contributed by atoms with Crippen molar-refractivity contribution in [2.75, 3.05) is 10.0 Å². The molecule has 0 aromatic heterocycles. The van der Waals surface area contributed by atoms with E-state index in [-0.39, 0.29) is 33.1 Å². The first-order valence-electron chi connectivity index (χ1n) is 8.62. The monoisotopic (exact) mass is 429 g/mol. The van der Waals surface area contributed by atoms with Crippen LogP contribution in [0.15, 0.2) is 71.6 Å². The van der Waals surface area contributed by atoms with Crippen LogP contribution < -0.4 is 10.0 Å². The summed E-state index contributed by atoms with van der Waals surface area (Å²) in [5.41, 5.74) is 0.128. The van der Waals surface area contributed by atoms with E-state index in [1.54, 1.807) is 0 Å². The first-order chi connectivity index (χ1) is 14.2. The number of rotatable bonds is 6. The number of nitrogens with one attached hydrogen (secondary N) is 2. The Balaban J connectivity index is 1.87. The minimum Gasteiger partial charge on any atom is -0.321 e. The van der Waals surface area contributed by atoms with E-state index in [0.717, 1.165) is 12.1 Å². The Morgan fingerprint density at radius 3 is 2.37 bits per heavy atom. The van der Waals surface area contributed by atoms with E-state index in [9.17, 15) is 27.7 Å². The second-order valence-corrected chi connectivity index (χ2v) is 7.96. The number of benzene rings is 3. The van der Waals surface area contributed by atoms with Gasteiger partial charge in [0.15, 0.2) is 0 Å². The van der Waals surface area contributed by atoms with Crippen LogP contribution in [0.2, 0.25) is 0 Å². The Morgan fingerprint density at radius 2 is 1.67 bits per heavy atom. The van der Waals surface area contributed by atoms with E-state index in [2.05, 4.69) is 10.0 Å². The molecule has 0 aliphatic rings. The summed E-state index contributed by atoms with van der Waals surface area (Å²) in [6.45, 7) is 1.49. The molecule has 0 spiro atoms. The molecule has 0 radical (unpaired) electrons. The van der Waals surface area contributed by atoms with Gasteiger partial charge >= 0.3 is 0 Å². The lowest BCUT2D eigenvalue weighted by Gasteiger charge is -2.11. The third kappa shape index (κ3) is 4.44. The van der Waals surface area contributed by atoms with Crippen molar-refractivity contribution in [3.05, 3.63) is 93.8 Å². The molecule has 8 nitrogen and oxygen atoms in total. The predicted molar refractivity (Wildman–Crippen MR) is 109 cm³/mol. The molecule has 3 rings (SSSR count). The summed E-state index contributed by atoms with van der Waals surface area (Å²) >= 11 is 0. The number of nitro groups is 1. The predicted octanol–water partition coefficient (Wildman–Crippen LogP) is 4.10. The summed E-state index contributed by atoms with van der Waals surface area (Å²) in [5, 5.41) is 13.6. The minimum atomic E-state index is -4.15. The molecule has 2 N–H and O–H groups in total. The molecular weight excluding hydrogens is 413 g/mol. The first kappa shape index (κ1) is 20.9. The SMILES string of the molecule is Cc1c(NC(=O)c2cccc(S(=O)(=O)Nc3ccccc3F)c2)cccc1[N+](=O)[O-]. The van der Waals surface area contributed by atoms with Crippen molar-refractivity contribution >= 4 is 33.0 Å². The summed E-state index contributed by atoms with van der Waals surface area (Å²) in [7, 11) is -4.15. The Bertz CT molecular complexity index is 1240. The number of hydrogen-bond donors (Lipinski definition) is 2. The first-order valence-corrected chi connectivity index (χ1v) is 10.1. The minimum absolute atomic E-state index is 0.0114. The van der Waals surface area contributed by atoms with Gasteiger partial charge in [-0.15, -0.1) is 0 Å².